The molecule has 5 heteroatoms. The Morgan fingerprint density at radius 1 is 1.05 bits per heavy atom. The molecule has 0 aliphatic heterocycles. The molecule has 2 rings (SSSR count). The summed E-state index contributed by atoms with van der Waals surface area (Å²) < 4.78 is 23.6. The number of ether oxygens (including phenoxy) is 2. The van der Waals surface area contributed by atoms with Crippen LogP contribution in [-0.4, -0.2) is 19.3 Å². The summed E-state index contributed by atoms with van der Waals surface area (Å²) in [6.07, 6.45) is 0. The molecule has 0 spiro atoms. The van der Waals surface area contributed by atoms with Crippen LogP contribution < -0.4 is 14.8 Å². The predicted octanol–water partition coefficient (Wildman–Crippen LogP) is 3.16. The molecule has 0 atom stereocenters. The Morgan fingerprint density at radius 3 is 2.45 bits per heavy atom. The Kier molecular flexibility index (Phi) is 4.30. The number of methoxy groups -OCH3 is 2. The van der Waals surface area contributed by atoms with Gasteiger partial charge in [0, 0.05) is 18.3 Å². The Labute approximate surface area is 116 Å². The molecule has 4 nitrogen and oxygen atoms in total. The first kappa shape index (κ1) is 14.0. The van der Waals surface area contributed by atoms with Crippen molar-refractivity contribution in [3.63, 3.8) is 0 Å². The van der Waals surface area contributed by atoms with Gasteiger partial charge in [-0.05, 0) is 29.8 Å². The van der Waals surface area contributed by atoms with E-state index in [1.165, 1.54) is 12.1 Å². The van der Waals surface area contributed by atoms with E-state index in [0.29, 0.717) is 18.0 Å². The van der Waals surface area contributed by atoms with Crippen LogP contribution in [0, 0.1) is 5.82 Å². The number of hydrogen-bond donors (Lipinski definition) is 2. The lowest BCUT2D eigenvalue weighted by Crippen LogP contribution is -2.00. The van der Waals surface area contributed by atoms with Gasteiger partial charge in [-0.3, -0.25) is 0 Å². The van der Waals surface area contributed by atoms with E-state index >= 15 is 0 Å². The van der Waals surface area contributed by atoms with E-state index in [4.69, 9.17) is 14.6 Å². The van der Waals surface area contributed by atoms with Crippen molar-refractivity contribution in [2.24, 2.45) is 0 Å². The molecular formula is C15H16FNO3. The molecule has 0 saturated carbocycles. The third-order valence-electron chi connectivity index (χ3n) is 2.89. The molecule has 2 N–H and O–H groups in total. The van der Waals surface area contributed by atoms with Gasteiger partial charge < -0.3 is 19.9 Å². The van der Waals surface area contributed by atoms with E-state index in [9.17, 15) is 4.39 Å². The van der Waals surface area contributed by atoms with E-state index in [1.54, 1.807) is 32.4 Å². The van der Waals surface area contributed by atoms with Gasteiger partial charge in [0.1, 0.15) is 0 Å². The Bertz CT molecular complexity index is 602. The molecule has 0 fully saturated rings. The number of phenolic OH excluding ortho intramolecular Hbond substituents is 1. The van der Waals surface area contributed by atoms with E-state index in [2.05, 4.69) is 5.32 Å². The largest absolute Gasteiger partial charge is 0.505 e. The van der Waals surface area contributed by atoms with Crippen LogP contribution in [0.3, 0.4) is 0 Å². The number of aromatic hydroxyl groups is 1. The first-order valence-corrected chi connectivity index (χ1v) is 6.07. The molecule has 0 bridgehead atoms. The number of phenols is 1. The van der Waals surface area contributed by atoms with Crippen LogP contribution in [0.25, 0.3) is 0 Å². The van der Waals surface area contributed by atoms with Gasteiger partial charge in [-0.2, -0.15) is 0 Å². The van der Waals surface area contributed by atoms with Gasteiger partial charge in [0.25, 0.3) is 0 Å². The summed E-state index contributed by atoms with van der Waals surface area (Å²) in [5.74, 6) is 0.291. The molecule has 0 aromatic heterocycles. The van der Waals surface area contributed by atoms with Crippen molar-refractivity contribution in [1.82, 2.24) is 0 Å². The lowest BCUT2D eigenvalue weighted by molar-refractivity contribution is 0.355. The number of benzene rings is 2. The SMILES string of the molecule is COc1ccc(NCc2ccc(O)c(F)c2)cc1OC. The fraction of sp³-hybridized carbons (Fsp3) is 0.200. The zero-order chi connectivity index (χ0) is 14.5. The van der Waals surface area contributed by atoms with Crippen molar-refractivity contribution in [3.05, 3.63) is 47.8 Å². The summed E-state index contributed by atoms with van der Waals surface area (Å²) in [6, 6.07) is 9.72. The van der Waals surface area contributed by atoms with Crippen molar-refractivity contribution in [2.75, 3.05) is 19.5 Å². The van der Waals surface area contributed by atoms with Gasteiger partial charge in [0.05, 0.1) is 14.2 Å². The maximum absolute atomic E-state index is 13.2. The highest BCUT2D eigenvalue weighted by atomic mass is 19.1. The summed E-state index contributed by atoms with van der Waals surface area (Å²) >= 11 is 0. The van der Waals surface area contributed by atoms with Gasteiger partial charge >= 0.3 is 0 Å². The van der Waals surface area contributed by atoms with E-state index in [-0.39, 0.29) is 5.75 Å². The van der Waals surface area contributed by atoms with Crippen LogP contribution in [0.1, 0.15) is 5.56 Å². The summed E-state index contributed by atoms with van der Waals surface area (Å²) in [5.41, 5.74) is 1.56. The maximum atomic E-state index is 13.2. The lowest BCUT2D eigenvalue weighted by Gasteiger charge is -2.11. The van der Waals surface area contributed by atoms with Crippen LogP contribution >= 0.6 is 0 Å². The average molecular weight is 277 g/mol. The van der Waals surface area contributed by atoms with Crippen molar-refractivity contribution in [2.45, 2.75) is 6.54 Å². The van der Waals surface area contributed by atoms with Crippen molar-refractivity contribution in [1.29, 1.82) is 0 Å². The molecule has 0 unspecified atom stereocenters. The standard InChI is InChI=1S/C15H16FNO3/c1-19-14-6-4-11(8-15(14)20-2)17-9-10-3-5-13(18)12(16)7-10/h3-8,17-18H,9H2,1-2H3. The molecule has 0 heterocycles. The molecular weight excluding hydrogens is 261 g/mol. The summed E-state index contributed by atoms with van der Waals surface area (Å²) in [5, 5.41) is 12.3. The summed E-state index contributed by atoms with van der Waals surface area (Å²) in [4.78, 5) is 0. The Balaban J connectivity index is 2.08. The monoisotopic (exact) mass is 277 g/mol. The maximum Gasteiger partial charge on any atom is 0.165 e. The third kappa shape index (κ3) is 3.12. The van der Waals surface area contributed by atoms with Gasteiger partial charge in [-0.25, -0.2) is 4.39 Å². The quantitative estimate of drug-likeness (QED) is 0.881. The van der Waals surface area contributed by atoms with Crippen LogP contribution in [0.5, 0.6) is 17.2 Å². The number of rotatable bonds is 5. The fourth-order valence-electron chi connectivity index (χ4n) is 1.81. The van der Waals surface area contributed by atoms with Crippen LogP contribution in [0.15, 0.2) is 36.4 Å². The summed E-state index contributed by atoms with van der Waals surface area (Å²) in [7, 11) is 3.14. The highest BCUT2D eigenvalue weighted by molar-refractivity contribution is 5.55. The molecule has 0 amide bonds. The second-order valence-electron chi connectivity index (χ2n) is 4.21. The van der Waals surface area contributed by atoms with Gasteiger partial charge in [0.15, 0.2) is 23.1 Å². The van der Waals surface area contributed by atoms with Gasteiger partial charge in [-0.15, -0.1) is 0 Å². The zero-order valence-corrected chi connectivity index (χ0v) is 11.3. The van der Waals surface area contributed by atoms with E-state index < -0.39 is 5.82 Å². The second-order valence-corrected chi connectivity index (χ2v) is 4.21. The number of hydrogen-bond acceptors (Lipinski definition) is 4. The van der Waals surface area contributed by atoms with Crippen molar-refractivity contribution < 1.29 is 19.0 Å². The van der Waals surface area contributed by atoms with Gasteiger partial charge in [0.2, 0.25) is 0 Å². The molecule has 2 aromatic carbocycles. The first-order chi connectivity index (χ1) is 9.63. The van der Waals surface area contributed by atoms with Crippen LogP contribution in [0.4, 0.5) is 10.1 Å². The molecule has 2 aromatic rings. The van der Waals surface area contributed by atoms with Crippen LogP contribution in [0.2, 0.25) is 0 Å². The number of halogens is 1. The zero-order valence-electron chi connectivity index (χ0n) is 11.3. The van der Waals surface area contributed by atoms with E-state index in [1.807, 2.05) is 6.07 Å². The molecule has 0 saturated heterocycles. The minimum absolute atomic E-state index is 0.347. The van der Waals surface area contributed by atoms with Crippen molar-refractivity contribution >= 4 is 5.69 Å². The first-order valence-electron chi connectivity index (χ1n) is 6.07. The molecule has 106 valence electrons. The Hall–Kier alpha value is -2.43. The second kappa shape index (κ2) is 6.14. The van der Waals surface area contributed by atoms with Gasteiger partial charge in [-0.1, -0.05) is 6.07 Å². The number of anilines is 1. The molecule has 0 aliphatic carbocycles. The molecule has 20 heavy (non-hydrogen) atoms. The minimum Gasteiger partial charge on any atom is -0.505 e. The smallest absolute Gasteiger partial charge is 0.165 e. The molecule has 0 aliphatic rings. The van der Waals surface area contributed by atoms with Crippen molar-refractivity contribution in [3.8, 4) is 17.2 Å². The topological polar surface area (TPSA) is 50.7 Å². The average Bonchev–Trinajstić information content (AvgIpc) is 2.48. The Morgan fingerprint density at radius 2 is 1.80 bits per heavy atom. The predicted molar refractivity (Wildman–Crippen MR) is 74.9 cm³/mol. The molecule has 0 radical (unpaired) electrons. The third-order valence-corrected chi connectivity index (χ3v) is 2.89. The lowest BCUT2D eigenvalue weighted by atomic mass is 10.2. The number of nitrogens with one attached hydrogen (secondary N) is 1. The highest BCUT2D eigenvalue weighted by Gasteiger charge is 2.05. The normalized spacial score (nSPS) is 10.2. The minimum atomic E-state index is -0.628. The van der Waals surface area contributed by atoms with E-state index in [0.717, 1.165) is 11.3 Å². The fourth-order valence-corrected chi connectivity index (χ4v) is 1.81. The summed E-state index contributed by atoms with van der Waals surface area (Å²) in [6.45, 7) is 0.437. The van der Waals surface area contributed by atoms with Crippen LogP contribution in [-0.2, 0) is 6.54 Å². The highest BCUT2D eigenvalue weighted by Crippen LogP contribution is 2.30.